The average molecular weight is 821 g/mol. The summed E-state index contributed by atoms with van der Waals surface area (Å²) < 4.78 is 34.5. The fourth-order valence-electron chi connectivity index (χ4n) is 7.42. The van der Waals surface area contributed by atoms with Gasteiger partial charge in [-0.2, -0.15) is 0 Å². The van der Waals surface area contributed by atoms with Gasteiger partial charge in [-0.15, -0.1) is 22.6 Å². The lowest BCUT2D eigenvalue weighted by Gasteiger charge is -2.20. The van der Waals surface area contributed by atoms with Crippen LogP contribution in [0.4, 0.5) is 10.6 Å². The number of hydrogen-bond donors (Lipinski definition) is 5. The molecule has 2 saturated carbocycles. The van der Waals surface area contributed by atoms with Crippen molar-refractivity contribution >= 4 is 68.2 Å². The van der Waals surface area contributed by atoms with E-state index < -0.39 is 21.7 Å². The molecule has 4 atom stereocenters. The van der Waals surface area contributed by atoms with E-state index in [2.05, 4.69) is 50.7 Å². The molecule has 2 aliphatic carbocycles. The molecule has 0 spiro atoms. The summed E-state index contributed by atoms with van der Waals surface area (Å²) in [6, 6.07) is 10.2. The quantitative estimate of drug-likeness (QED) is 0.118. The number of hydrogen-bond acceptors (Lipinski definition) is 12. The molecular formula is C38H49ClN12O5S. The van der Waals surface area contributed by atoms with E-state index in [1.165, 1.54) is 18.8 Å². The number of hydrazine groups is 1. The Labute approximate surface area is 336 Å². The molecule has 5 heterocycles. The van der Waals surface area contributed by atoms with Crippen LogP contribution in [0.5, 0.6) is 0 Å². The molecule has 1 unspecified atom stereocenters. The van der Waals surface area contributed by atoms with Gasteiger partial charge in [0.05, 0.1) is 22.8 Å². The number of aryl methyl sites for hydroxylation is 1. The molecule has 2 amide bonds. The second-order valence-electron chi connectivity index (χ2n) is 15.6. The highest BCUT2D eigenvalue weighted by molar-refractivity contribution is 7.90. The number of halogens is 1. The number of carbonyl (C=O) groups excluding carboxylic acids is 2. The first-order valence-electron chi connectivity index (χ1n) is 18.9. The van der Waals surface area contributed by atoms with Gasteiger partial charge in [0.15, 0.2) is 22.8 Å². The van der Waals surface area contributed by atoms with E-state index in [9.17, 15) is 18.0 Å². The highest BCUT2D eigenvalue weighted by Gasteiger charge is 2.31. The summed E-state index contributed by atoms with van der Waals surface area (Å²) in [4.78, 5) is 40.8. The van der Waals surface area contributed by atoms with Crippen LogP contribution in [0.2, 0.25) is 0 Å². The predicted molar refractivity (Wildman–Crippen MR) is 217 cm³/mol. The third kappa shape index (κ3) is 9.29. The number of aromatic amines is 1. The number of nitrogens with two attached hydrogens (primary N) is 1. The van der Waals surface area contributed by atoms with Gasteiger partial charge in [-0.05, 0) is 109 Å². The summed E-state index contributed by atoms with van der Waals surface area (Å²) in [7, 11) is -3.82. The summed E-state index contributed by atoms with van der Waals surface area (Å²) in [5.41, 5.74) is 14.9. The molecule has 19 heteroatoms. The fourth-order valence-corrected chi connectivity index (χ4v) is 8.72. The van der Waals surface area contributed by atoms with E-state index in [-0.39, 0.29) is 46.5 Å². The maximum atomic E-state index is 13.0. The third-order valence-electron chi connectivity index (χ3n) is 10.3. The largest absolute Gasteiger partial charge is 0.444 e. The second kappa shape index (κ2) is 17.0. The predicted octanol–water partition coefficient (Wildman–Crippen LogP) is 5.23. The van der Waals surface area contributed by atoms with Crippen molar-refractivity contribution in [3.8, 4) is 0 Å². The number of rotatable bonds is 9. The number of aromatic nitrogens is 8. The Kier molecular flexibility index (Phi) is 12.3. The van der Waals surface area contributed by atoms with E-state index in [1.807, 2.05) is 19.2 Å². The smallest absolute Gasteiger partial charge is 0.407 e. The van der Waals surface area contributed by atoms with E-state index in [4.69, 9.17) is 10.5 Å². The van der Waals surface area contributed by atoms with Gasteiger partial charge in [0.25, 0.3) is 10.0 Å². The van der Waals surface area contributed by atoms with Crippen molar-refractivity contribution in [2.24, 2.45) is 23.5 Å². The molecular weight excluding hydrogens is 772 g/mol. The Morgan fingerprint density at radius 1 is 0.982 bits per heavy atom. The molecule has 17 nitrogen and oxygen atoms in total. The molecule has 6 aromatic rings. The second-order valence-corrected chi connectivity index (χ2v) is 17.4. The zero-order valence-electron chi connectivity index (χ0n) is 32.3. The van der Waals surface area contributed by atoms with Crippen LogP contribution < -0.4 is 21.9 Å². The number of benzene rings is 1. The van der Waals surface area contributed by atoms with Gasteiger partial charge in [-0.1, -0.05) is 17.7 Å². The molecule has 0 bridgehead atoms. The van der Waals surface area contributed by atoms with Gasteiger partial charge in [-0.3, -0.25) is 20.0 Å². The number of alkyl carbamates (subject to hydrolysis) is 1. The minimum Gasteiger partial charge on any atom is -0.444 e. The maximum Gasteiger partial charge on any atom is 0.407 e. The number of anilines is 1. The number of nitrogens with one attached hydrogen (secondary N) is 4. The number of amides is 2. The van der Waals surface area contributed by atoms with Crippen molar-refractivity contribution in [1.29, 1.82) is 0 Å². The molecule has 0 radical (unpaired) electrons. The SMILES string of the molecule is Cc1ccc(S(=O)(=O)n2ccc3nc(NNC(=O)[C@@H]4CC[C@@H](CNC(=O)OC(C)(C)C)C4)cnc32)cc1.Cl.NC[C@@H]1CCC(c2nnc3cnc4[nH]ccc4n23)C1. The molecule has 2 aliphatic rings. The monoisotopic (exact) mass is 820 g/mol. The summed E-state index contributed by atoms with van der Waals surface area (Å²) >= 11 is 0. The van der Waals surface area contributed by atoms with Gasteiger partial charge in [0, 0.05) is 30.8 Å². The van der Waals surface area contributed by atoms with Crippen LogP contribution in [0.3, 0.4) is 0 Å². The Balaban J connectivity index is 0.000000228. The van der Waals surface area contributed by atoms with Crippen LogP contribution in [0.25, 0.3) is 28.0 Å². The minimum absolute atomic E-state index is 0. The molecule has 6 N–H and O–H groups in total. The van der Waals surface area contributed by atoms with Crippen LogP contribution in [0.15, 0.2) is 66.1 Å². The lowest BCUT2D eigenvalue weighted by molar-refractivity contribution is -0.124. The van der Waals surface area contributed by atoms with Crippen molar-refractivity contribution in [3.63, 3.8) is 0 Å². The molecule has 1 aromatic carbocycles. The van der Waals surface area contributed by atoms with Gasteiger partial charge >= 0.3 is 6.09 Å². The summed E-state index contributed by atoms with van der Waals surface area (Å²) in [6.07, 6.45) is 11.6. The number of fused-ring (bicyclic) bond motifs is 4. The van der Waals surface area contributed by atoms with E-state index >= 15 is 0 Å². The van der Waals surface area contributed by atoms with Crippen LogP contribution in [0, 0.1) is 24.7 Å². The van der Waals surface area contributed by atoms with Crippen LogP contribution in [-0.4, -0.2) is 77.6 Å². The van der Waals surface area contributed by atoms with E-state index in [0.29, 0.717) is 36.7 Å². The van der Waals surface area contributed by atoms with Gasteiger partial charge in [-0.25, -0.2) is 32.1 Å². The standard InChI is InChI=1S/C25H32N6O5S.C13H16N6.ClH/c1-16-5-9-19(10-6-16)37(34,35)31-12-11-20-22(31)26-15-21(28-20)29-30-23(32)18-8-7-17(13-18)14-27-24(33)36-25(2,3)4;14-6-8-1-2-9(5-8)13-18-17-11-7-16-12-10(19(11)13)3-4-15-12;/h5-6,9-12,15,17-18H,7-8,13-14H2,1-4H3,(H,27,33)(H,28,29)(H,30,32);3-4,7-9,15H,1-2,5-6,14H2;1H/t17-,18-;8-,9?;/m11./s1. The van der Waals surface area contributed by atoms with Crippen LogP contribution in [-0.2, 0) is 19.6 Å². The number of nitrogens with zero attached hydrogens (tertiary/aromatic N) is 7. The van der Waals surface area contributed by atoms with E-state index in [0.717, 1.165) is 58.0 Å². The zero-order chi connectivity index (χ0) is 39.6. The minimum atomic E-state index is -3.82. The van der Waals surface area contributed by atoms with Gasteiger partial charge in [0.2, 0.25) is 5.91 Å². The summed E-state index contributed by atoms with van der Waals surface area (Å²) in [5.74, 6) is 2.24. The van der Waals surface area contributed by atoms with E-state index in [1.54, 1.807) is 57.3 Å². The maximum absolute atomic E-state index is 13.0. The number of H-pyrrole nitrogens is 1. The molecule has 304 valence electrons. The summed E-state index contributed by atoms with van der Waals surface area (Å²) in [5, 5.41) is 11.4. The normalized spacial score (nSPS) is 19.5. The molecule has 5 aromatic heterocycles. The Bertz CT molecular complexity index is 2460. The molecule has 2 fully saturated rings. The Hall–Kier alpha value is -5.33. The van der Waals surface area contributed by atoms with Crippen molar-refractivity contribution < 1.29 is 22.7 Å². The first kappa shape index (κ1) is 41.3. The Morgan fingerprint density at radius 2 is 1.75 bits per heavy atom. The first-order chi connectivity index (χ1) is 26.8. The number of ether oxygens (including phenoxy) is 1. The molecule has 57 heavy (non-hydrogen) atoms. The number of carbonyl (C=O) groups is 2. The molecule has 8 rings (SSSR count). The Morgan fingerprint density at radius 3 is 2.49 bits per heavy atom. The van der Waals surface area contributed by atoms with Crippen molar-refractivity contribution in [1.82, 2.24) is 49.2 Å². The van der Waals surface area contributed by atoms with Crippen molar-refractivity contribution in [3.05, 3.63) is 72.6 Å². The van der Waals surface area contributed by atoms with Crippen molar-refractivity contribution in [2.75, 3.05) is 18.5 Å². The van der Waals surface area contributed by atoms with Crippen molar-refractivity contribution in [2.45, 2.75) is 82.6 Å². The molecule has 0 saturated heterocycles. The van der Waals surface area contributed by atoms with Crippen LogP contribution >= 0.6 is 12.4 Å². The fraction of sp³-hybridized carbons (Fsp3) is 0.447. The lowest BCUT2D eigenvalue weighted by atomic mass is 10.0. The molecule has 0 aliphatic heterocycles. The third-order valence-corrected chi connectivity index (χ3v) is 12.0. The highest BCUT2D eigenvalue weighted by atomic mass is 35.5. The summed E-state index contributed by atoms with van der Waals surface area (Å²) in [6.45, 7) is 8.53. The van der Waals surface area contributed by atoms with Crippen LogP contribution in [0.1, 0.15) is 76.6 Å². The topological polar surface area (TPSA) is 229 Å². The van der Waals surface area contributed by atoms with Gasteiger partial charge in [0.1, 0.15) is 16.9 Å². The first-order valence-corrected chi connectivity index (χ1v) is 20.3. The lowest BCUT2D eigenvalue weighted by Crippen LogP contribution is -2.36. The zero-order valence-corrected chi connectivity index (χ0v) is 33.9. The van der Waals surface area contributed by atoms with Gasteiger partial charge < -0.3 is 20.8 Å². The average Bonchev–Trinajstić information content (AvgIpc) is 4.01. The highest BCUT2D eigenvalue weighted by Crippen LogP contribution is 2.37.